The van der Waals surface area contributed by atoms with Gasteiger partial charge in [-0.3, -0.25) is 14.9 Å². The van der Waals surface area contributed by atoms with Gasteiger partial charge in [0, 0.05) is 11.6 Å². The van der Waals surface area contributed by atoms with E-state index in [-0.39, 0.29) is 11.4 Å². The Morgan fingerprint density at radius 2 is 1.88 bits per heavy atom. The fraction of sp³-hybridized carbons (Fsp3) is 0.188. The van der Waals surface area contributed by atoms with Gasteiger partial charge in [-0.05, 0) is 24.6 Å². The Kier molecular flexibility index (Phi) is 6.11. The summed E-state index contributed by atoms with van der Waals surface area (Å²) in [4.78, 5) is 22.7. The Bertz CT molecular complexity index is 793. The van der Waals surface area contributed by atoms with E-state index in [1.165, 1.54) is 24.3 Å². The van der Waals surface area contributed by atoms with Gasteiger partial charge in [-0.2, -0.15) is 0 Å². The molecule has 1 atom stereocenters. The minimum absolute atomic E-state index is 0.0793. The van der Waals surface area contributed by atoms with E-state index in [0.29, 0.717) is 5.56 Å². The number of benzene rings is 2. The van der Waals surface area contributed by atoms with E-state index in [4.69, 9.17) is 39.5 Å². The molecule has 9 heteroatoms. The Morgan fingerprint density at radius 1 is 1.20 bits per heavy atom. The van der Waals surface area contributed by atoms with Crippen molar-refractivity contribution < 1.29 is 14.5 Å². The summed E-state index contributed by atoms with van der Waals surface area (Å²) in [6.07, 6.45) is -1.35. The molecule has 0 aliphatic heterocycles. The van der Waals surface area contributed by atoms with Crippen LogP contribution in [-0.4, -0.2) is 20.9 Å². The molecule has 0 spiro atoms. The molecular formula is C16H13Cl3N2O4. The Hall–Kier alpha value is -2.02. The first-order valence-electron chi connectivity index (χ1n) is 7.03. The number of rotatable bonds is 5. The molecule has 0 radical (unpaired) electrons. The molecule has 6 nitrogen and oxygen atoms in total. The van der Waals surface area contributed by atoms with E-state index >= 15 is 0 Å². The van der Waals surface area contributed by atoms with Gasteiger partial charge in [0.15, 0.2) is 0 Å². The standard InChI is InChI=1S/C16H13Cl3N2O4/c1-10-5-2-3-8-13(10)14(22)20-15(16(17,18)19)25-12-7-4-6-11(9-12)21(23)24/h2-9,15H,1H3,(H,20,22)/t15-/m1/s1. The summed E-state index contributed by atoms with van der Waals surface area (Å²) < 4.78 is 3.47. The van der Waals surface area contributed by atoms with Crippen molar-refractivity contribution in [3.63, 3.8) is 0 Å². The quantitative estimate of drug-likeness (QED) is 0.347. The fourth-order valence-corrected chi connectivity index (χ4v) is 2.31. The van der Waals surface area contributed by atoms with Crippen LogP contribution in [0.5, 0.6) is 5.75 Å². The van der Waals surface area contributed by atoms with Crippen molar-refractivity contribution in [2.24, 2.45) is 0 Å². The van der Waals surface area contributed by atoms with E-state index < -0.39 is 20.9 Å². The van der Waals surface area contributed by atoms with E-state index in [1.54, 1.807) is 31.2 Å². The van der Waals surface area contributed by atoms with Gasteiger partial charge >= 0.3 is 0 Å². The predicted molar refractivity (Wildman–Crippen MR) is 96.4 cm³/mol. The molecule has 2 aromatic rings. The molecule has 0 saturated carbocycles. The maximum Gasteiger partial charge on any atom is 0.273 e. The summed E-state index contributed by atoms with van der Waals surface area (Å²) in [6, 6.07) is 12.2. The number of alkyl halides is 3. The monoisotopic (exact) mass is 402 g/mol. The van der Waals surface area contributed by atoms with E-state index in [2.05, 4.69) is 5.32 Å². The van der Waals surface area contributed by atoms with Crippen LogP contribution in [0.4, 0.5) is 5.69 Å². The first kappa shape index (κ1) is 19.3. The number of carbonyl (C=O) groups is 1. The van der Waals surface area contributed by atoms with Crippen molar-refractivity contribution in [2.75, 3.05) is 0 Å². The number of non-ortho nitro benzene ring substituents is 1. The molecule has 0 unspecified atom stereocenters. The van der Waals surface area contributed by atoms with Gasteiger partial charge in [0.2, 0.25) is 10.0 Å². The zero-order valence-corrected chi connectivity index (χ0v) is 15.2. The second-order valence-electron chi connectivity index (χ2n) is 5.08. The molecule has 0 aromatic heterocycles. The van der Waals surface area contributed by atoms with Crippen molar-refractivity contribution in [3.05, 3.63) is 69.8 Å². The molecular weight excluding hydrogens is 391 g/mol. The number of carbonyl (C=O) groups excluding carboxylic acids is 1. The number of nitrogens with one attached hydrogen (secondary N) is 1. The first-order valence-corrected chi connectivity index (χ1v) is 8.16. The van der Waals surface area contributed by atoms with Crippen molar-refractivity contribution in [1.29, 1.82) is 0 Å². The van der Waals surface area contributed by atoms with Gasteiger partial charge in [-0.1, -0.05) is 59.1 Å². The number of nitrogens with zero attached hydrogens (tertiary/aromatic N) is 1. The van der Waals surface area contributed by atoms with Gasteiger partial charge in [0.1, 0.15) is 5.75 Å². The molecule has 25 heavy (non-hydrogen) atoms. The van der Waals surface area contributed by atoms with Crippen LogP contribution in [-0.2, 0) is 0 Å². The average Bonchev–Trinajstić information content (AvgIpc) is 2.54. The molecule has 1 N–H and O–H groups in total. The molecule has 0 saturated heterocycles. The molecule has 0 heterocycles. The summed E-state index contributed by atoms with van der Waals surface area (Å²) >= 11 is 17.6. The number of ether oxygens (including phenoxy) is 1. The number of halogens is 3. The number of amides is 1. The second kappa shape index (κ2) is 7.91. The lowest BCUT2D eigenvalue weighted by atomic mass is 10.1. The highest BCUT2D eigenvalue weighted by Gasteiger charge is 2.36. The maximum absolute atomic E-state index is 12.4. The van der Waals surface area contributed by atoms with Gasteiger partial charge < -0.3 is 10.1 Å². The highest BCUT2D eigenvalue weighted by molar-refractivity contribution is 6.68. The zero-order valence-electron chi connectivity index (χ0n) is 12.9. The number of aryl methyl sites for hydroxylation is 1. The molecule has 0 aliphatic carbocycles. The zero-order chi connectivity index (χ0) is 18.6. The van der Waals surface area contributed by atoms with E-state index in [1.807, 2.05) is 0 Å². The first-order chi connectivity index (χ1) is 11.7. The van der Waals surface area contributed by atoms with Gasteiger partial charge in [-0.15, -0.1) is 0 Å². The average molecular weight is 404 g/mol. The third kappa shape index (κ3) is 5.22. The third-order valence-electron chi connectivity index (χ3n) is 3.23. The molecule has 132 valence electrons. The van der Waals surface area contributed by atoms with Crippen LogP contribution in [0.3, 0.4) is 0 Å². The van der Waals surface area contributed by atoms with Crippen LogP contribution in [0.2, 0.25) is 0 Å². The molecule has 2 aromatic carbocycles. The summed E-state index contributed by atoms with van der Waals surface area (Å²) in [7, 11) is 0. The summed E-state index contributed by atoms with van der Waals surface area (Å²) in [5.74, 6) is -0.421. The van der Waals surface area contributed by atoms with Gasteiger partial charge in [0.25, 0.3) is 11.6 Å². The number of hydrogen-bond acceptors (Lipinski definition) is 4. The fourth-order valence-electron chi connectivity index (χ4n) is 2.01. The van der Waals surface area contributed by atoms with Crippen LogP contribution in [0.15, 0.2) is 48.5 Å². The highest BCUT2D eigenvalue weighted by atomic mass is 35.6. The lowest BCUT2D eigenvalue weighted by Crippen LogP contribution is -2.48. The summed E-state index contributed by atoms with van der Waals surface area (Å²) in [6.45, 7) is 1.76. The van der Waals surface area contributed by atoms with Crippen LogP contribution >= 0.6 is 34.8 Å². The minimum atomic E-state index is -2.00. The summed E-state index contributed by atoms with van der Waals surface area (Å²) in [5.41, 5.74) is 0.939. The number of nitro groups is 1. The molecule has 1 amide bonds. The topological polar surface area (TPSA) is 81.5 Å². The van der Waals surface area contributed by atoms with Gasteiger partial charge in [0.05, 0.1) is 11.0 Å². The molecule has 0 aliphatic rings. The largest absolute Gasteiger partial charge is 0.466 e. The Balaban J connectivity index is 2.23. The van der Waals surface area contributed by atoms with Crippen molar-refractivity contribution in [1.82, 2.24) is 5.32 Å². The smallest absolute Gasteiger partial charge is 0.273 e. The highest BCUT2D eigenvalue weighted by Crippen LogP contribution is 2.33. The predicted octanol–water partition coefficient (Wildman–Crippen LogP) is 4.41. The van der Waals surface area contributed by atoms with Crippen LogP contribution in [0, 0.1) is 17.0 Å². The maximum atomic E-state index is 12.4. The van der Waals surface area contributed by atoms with Crippen molar-refractivity contribution in [2.45, 2.75) is 16.9 Å². The third-order valence-corrected chi connectivity index (χ3v) is 3.83. The van der Waals surface area contributed by atoms with Crippen molar-refractivity contribution in [3.8, 4) is 5.75 Å². The number of nitro benzene ring substituents is 1. The van der Waals surface area contributed by atoms with Crippen LogP contribution in [0.1, 0.15) is 15.9 Å². The second-order valence-corrected chi connectivity index (χ2v) is 7.45. The van der Waals surface area contributed by atoms with Gasteiger partial charge in [-0.25, -0.2) is 0 Å². The number of hydrogen-bond donors (Lipinski definition) is 1. The SMILES string of the molecule is Cc1ccccc1C(=O)N[C@H](Oc1cccc([N+](=O)[O-])c1)C(Cl)(Cl)Cl. The van der Waals surface area contributed by atoms with Crippen LogP contribution < -0.4 is 10.1 Å². The molecule has 2 rings (SSSR count). The Labute approximate surface area is 158 Å². The lowest BCUT2D eigenvalue weighted by molar-refractivity contribution is -0.384. The van der Waals surface area contributed by atoms with E-state index in [9.17, 15) is 14.9 Å². The summed E-state index contributed by atoms with van der Waals surface area (Å²) in [5, 5.41) is 13.3. The normalized spacial score (nSPS) is 12.3. The van der Waals surface area contributed by atoms with Crippen LogP contribution in [0.25, 0.3) is 0 Å². The van der Waals surface area contributed by atoms with Crippen molar-refractivity contribution >= 4 is 46.4 Å². The molecule has 0 bridgehead atoms. The lowest BCUT2D eigenvalue weighted by Gasteiger charge is -2.26. The minimum Gasteiger partial charge on any atom is -0.466 e. The molecule has 0 fully saturated rings. The Morgan fingerprint density at radius 3 is 2.48 bits per heavy atom. The van der Waals surface area contributed by atoms with E-state index in [0.717, 1.165) is 5.56 Å².